The minimum absolute atomic E-state index is 0.200. The first-order valence-electron chi connectivity index (χ1n) is 22.2. The largest absolute Gasteiger partial charge is 0.458 e. The predicted octanol–water partition coefficient (Wildman–Crippen LogP) is 14.6. The lowest BCUT2D eigenvalue weighted by molar-refractivity contribution is 0.462. The Labute approximate surface area is 375 Å². The van der Waals surface area contributed by atoms with Gasteiger partial charge in [0.05, 0.1) is 5.69 Å². The highest BCUT2D eigenvalue weighted by molar-refractivity contribution is 6.98. The molecule has 11 aromatic carbocycles. The molecule has 4 nitrogen and oxygen atoms in total. The molecule has 0 spiro atoms. The lowest BCUT2D eigenvalue weighted by atomic mass is 9.34. The van der Waals surface area contributed by atoms with Gasteiger partial charge in [-0.15, -0.1) is 0 Å². The molecule has 2 aliphatic heterocycles. The van der Waals surface area contributed by atoms with Gasteiger partial charge in [-0.3, -0.25) is 0 Å². The monoisotopic (exact) mass is 829 g/mol. The normalized spacial score (nSPS) is 12.5. The van der Waals surface area contributed by atoms with Gasteiger partial charge in [0, 0.05) is 39.1 Å². The highest BCUT2D eigenvalue weighted by atomic mass is 16.5. The standard InChI is InChI=1S/C60H36BNO3/c1-3-19-41(20-4-1)62(42-21-5-2-6-22-42)52-36-55-57(48-26-12-11-25-47(48)52)49-35-56-58-60(59(49)65-55)64-54-32-30-40(46-28-14-18-38-16-8-10-24-44(38)46)34-51(54)61(58)50-33-39(29-31-53(50)63-56)45-27-13-17-37-15-7-9-23-43(37)45/h1-36H. The Bertz CT molecular complexity index is 3770. The summed E-state index contributed by atoms with van der Waals surface area (Å²) in [5, 5.41) is 9.03. The molecule has 0 saturated heterocycles. The van der Waals surface area contributed by atoms with Crippen molar-refractivity contribution in [1.29, 1.82) is 0 Å². The van der Waals surface area contributed by atoms with E-state index in [2.05, 4.69) is 223 Å². The fourth-order valence-corrected chi connectivity index (χ4v) is 10.7. The molecular formula is C60H36BNO3. The number of hydrogen-bond acceptors (Lipinski definition) is 4. The number of hydrogen-bond donors (Lipinski definition) is 0. The highest BCUT2D eigenvalue weighted by Crippen LogP contribution is 2.49. The van der Waals surface area contributed by atoms with Crippen molar-refractivity contribution in [2.75, 3.05) is 4.90 Å². The molecule has 0 saturated carbocycles. The Balaban J connectivity index is 1.03. The van der Waals surface area contributed by atoms with Gasteiger partial charge in [-0.05, 0) is 103 Å². The quantitative estimate of drug-likeness (QED) is 0.162. The van der Waals surface area contributed by atoms with E-state index in [1.165, 1.54) is 32.7 Å². The van der Waals surface area contributed by atoms with E-state index in [1.54, 1.807) is 0 Å². The summed E-state index contributed by atoms with van der Waals surface area (Å²) in [6.45, 7) is -0.200. The minimum Gasteiger partial charge on any atom is -0.458 e. The zero-order chi connectivity index (χ0) is 42.6. The lowest BCUT2D eigenvalue weighted by Crippen LogP contribution is -2.57. The molecule has 65 heavy (non-hydrogen) atoms. The van der Waals surface area contributed by atoms with Crippen LogP contribution in [0.15, 0.2) is 223 Å². The van der Waals surface area contributed by atoms with Crippen molar-refractivity contribution >= 4 is 94.4 Å². The van der Waals surface area contributed by atoms with Crippen LogP contribution in [0.1, 0.15) is 0 Å². The molecule has 0 aliphatic carbocycles. The van der Waals surface area contributed by atoms with Gasteiger partial charge >= 0.3 is 0 Å². The van der Waals surface area contributed by atoms with Gasteiger partial charge in [-0.25, -0.2) is 0 Å². The molecule has 0 radical (unpaired) electrons. The van der Waals surface area contributed by atoms with Crippen molar-refractivity contribution in [3.05, 3.63) is 218 Å². The molecule has 5 heteroatoms. The molecule has 0 fully saturated rings. The summed E-state index contributed by atoms with van der Waals surface area (Å²) >= 11 is 0. The first-order chi connectivity index (χ1) is 32.2. The van der Waals surface area contributed by atoms with Gasteiger partial charge in [0.25, 0.3) is 6.71 Å². The fraction of sp³-hybridized carbons (Fsp3) is 0. The Hall–Kier alpha value is -8.54. The van der Waals surface area contributed by atoms with Gasteiger partial charge in [0.15, 0.2) is 11.3 Å². The van der Waals surface area contributed by atoms with E-state index < -0.39 is 0 Å². The van der Waals surface area contributed by atoms with E-state index in [0.717, 1.165) is 89.0 Å². The molecule has 3 heterocycles. The van der Waals surface area contributed by atoms with Crippen LogP contribution in [-0.2, 0) is 0 Å². The minimum atomic E-state index is -0.200. The summed E-state index contributed by atoms with van der Waals surface area (Å²) in [7, 11) is 0. The average Bonchev–Trinajstić information content (AvgIpc) is 3.75. The number of furan rings is 1. The smallest absolute Gasteiger partial charge is 0.260 e. The third-order valence-corrected chi connectivity index (χ3v) is 13.5. The third kappa shape index (κ3) is 5.46. The molecule has 12 aromatic rings. The zero-order valence-electron chi connectivity index (χ0n) is 35.0. The number of para-hydroxylation sites is 2. The van der Waals surface area contributed by atoms with E-state index >= 15 is 0 Å². The van der Waals surface area contributed by atoms with Gasteiger partial charge in [-0.1, -0.05) is 170 Å². The molecule has 302 valence electrons. The summed E-state index contributed by atoms with van der Waals surface area (Å²) in [6, 6.07) is 77.7. The Morgan fingerprint density at radius 2 is 0.908 bits per heavy atom. The van der Waals surface area contributed by atoms with Crippen LogP contribution in [-0.4, -0.2) is 6.71 Å². The molecule has 0 atom stereocenters. The van der Waals surface area contributed by atoms with Gasteiger partial charge in [-0.2, -0.15) is 0 Å². The van der Waals surface area contributed by atoms with Gasteiger partial charge in [0.2, 0.25) is 0 Å². The summed E-state index contributed by atoms with van der Waals surface area (Å²) < 4.78 is 21.4. The van der Waals surface area contributed by atoms with Crippen LogP contribution < -0.4 is 30.8 Å². The Kier molecular flexibility index (Phi) is 7.75. The second-order valence-electron chi connectivity index (χ2n) is 17.1. The van der Waals surface area contributed by atoms with Crippen LogP contribution >= 0.6 is 0 Å². The van der Waals surface area contributed by atoms with Gasteiger partial charge in [0.1, 0.15) is 22.8 Å². The maximum Gasteiger partial charge on any atom is 0.260 e. The van der Waals surface area contributed by atoms with Crippen molar-refractivity contribution in [2.45, 2.75) is 0 Å². The van der Waals surface area contributed by atoms with Gasteiger partial charge < -0.3 is 18.8 Å². The first-order valence-corrected chi connectivity index (χ1v) is 22.2. The van der Waals surface area contributed by atoms with E-state index in [4.69, 9.17) is 13.9 Å². The molecule has 0 amide bonds. The van der Waals surface area contributed by atoms with Crippen LogP contribution in [0.2, 0.25) is 0 Å². The maximum absolute atomic E-state index is 7.18. The molecule has 0 unspecified atom stereocenters. The van der Waals surface area contributed by atoms with Crippen LogP contribution in [0, 0.1) is 0 Å². The van der Waals surface area contributed by atoms with E-state index in [9.17, 15) is 0 Å². The Morgan fingerprint density at radius 3 is 1.52 bits per heavy atom. The summed E-state index contributed by atoms with van der Waals surface area (Å²) in [6.07, 6.45) is 0. The second kappa shape index (κ2) is 14.0. The first kappa shape index (κ1) is 36.0. The highest BCUT2D eigenvalue weighted by Gasteiger charge is 2.43. The maximum atomic E-state index is 7.18. The van der Waals surface area contributed by atoms with Crippen molar-refractivity contribution in [2.24, 2.45) is 0 Å². The molecule has 1 aromatic heterocycles. The molecular weight excluding hydrogens is 793 g/mol. The number of ether oxygens (including phenoxy) is 2. The molecule has 0 N–H and O–H groups in total. The average molecular weight is 830 g/mol. The SMILES string of the molecule is c1ccc(N(c2ccccc2)c2cc3oc4c5c6c(cc4c3c3ccccc23)Oc2ccc(-c3cccc4ccccc34)cc2B6c2cc(-c3cccc4ccccc34)ccc2O5)cc1. The topological polar surface area (TPSA) is 34.8 Å². The van der Waals surface area contributed by atoms with Crippen LogP contribution in [0.5, 0.6) is 23.0 Å². The zero-order valence-corrected chi connectivity index (χ0v) is 35.0. The van der Waals surface area contributed by atoms with E-state index in [0.29, 0.717) is 11.3 Å². The van der Waals surface area contributed by atoms with Crippen LogP contribution in [0.25, 0.3) is 76.5 Å². The lowest BCUT2D eigenvalue weighted by Gasteiger charge is -2.33. The number of nitrogens with zero attached hydrogens (tertiary/aromatic N) is 1. The van der Waals surface area contributed by atoms with Crippen LogP contribution in [0.4, 0.5) is 17.1 Å². The Morgan fingerprint density at radius 1 is 0.385 bits per heavy atom. The number of fused-ring (bicyclic) bond motifs is 12. The predicted molar refractivity (Wildman–Crippen MR) is 269 cm³/mol. The van der Waals surface area contributed by atoms with Crippen molar-refractivity contribution in [3.8, 4) is 45.3 Å². The second-order valence-corrected chi connectivity index (χ2v) is 17.1. The third-order valence-electron chi connectivity index (χ3n) is 13.5. The number of rotatable bonds is 5. The van der Waals surface area contributed by atoms with Crippen molar-refractivity contribution < 1.29 is 13.9 Å². The van der Waals surface area contributed by atoms with Crippen molar-refractivity contribution in [1.82, 2.24) is 0 Å². The van der Waals surface area contributed by atoms with Crippen LogP contribution in [0.3, 0.4) is 0 Å². The van der Waals surface area contributed by atoms with Crippen molar-refractivity contribution in [3.63, 3.8) is 0 Å². The summed E-state index contributed by atoms with van der Waals surface area (Å²) in [5.74, 6) is 3.11. The number of benzene rings is 11. The summed E-state index contributed by atoms with van der Waals surface area (Å²) in [4.78, 5) is 2.31. The fourth-order valence-electron chi connectivity index (χ4n) is 10.7. The molecule has 2 aliphatic rings. The molecule has 0 bridgehead atoms. The number of anilines is 3. The van der Waals surface area contributed by atoms with E-state index in [-0.39, 0.29) is 6.71 Å². The van der Waals surface area contributed by atoms with E-state index in [1.807, 2.05) is 0 Å². The molecule has 14 rings (SSSR count). The summed E-state index contributed by atoms with van der Waals surface area (Å²) in [5.41, 5.74) is 12.4.